The van der Waals surface area contributed by atoms with E-state index in [1.165, 1.54) is 6.07 Å². The van der Waals surface area contributed by atoms with Crippen LogP contribution in [-0.4, -0.2) is 58.5 Å². The van der Waals surface area contributed by atoms with Gasteiger partial charge in [-0.1, -0.05) is 26.0 Å². The van der Waals surface area contributed by atoms with E-state index in [-0.39, 0.29) is 11.7 Å². The smallest absolute Gasteiger partial charge is 0.387 e. The van der Waals surface area contributed by atoms with Gasteiger partial charge in [0.2, 0.25) is 0 Å². The van der Waals surface area contributed by atoms with E-state index in [1.807, 2.05) is 12.1 Å². The van der Waals surface area contributed by atoms with E-state index in [0.29, 0.717) is 16.9 Å². The monoisotopic (exact) mass is 433 g/mol. The van der Waals surface area contributed by atoms with Gasteiger partial charge >= 0.3 is 12.6 Å². The summed E-state index contributed by atoms with van der Waals surface area (Å²) in [7, 11) is 0. The molecule has 0 atom stereocenters. The molecule has 3 aromatic rings. The maximum Gasteiger partial charge on any atom is 0.387 e. The van der Waals surface area contributed by atoms with E-state index in [9.17, 15) is 13.6 Å². The van der Waals surface area contributed by atoms with Crippen molar-refractivity contribution < 1.29 is 23.4 Å². The number of carbonyl (C=O) groups is 1. The predicted molar refractivity (Wildman–Crippen MR) is 113 cm³/mol. The van der Waals surface area contributed by atoms with Crippen molar-refractivity contribution in [2.24, 2.45) is 5.92 Å². The van der Waals surface area contributed by atoms with Crippen LogP contribution in [0, 0.1) is 5.92 Å². The number of aliphatic carboxylic acids is 1. The summed E-state index contributed by atoms with van der Waals surface area (Å²) in [5.41, 5.74) is 1.80. The molecule has 0 saturated carbocycles. The Morgan fingerprint density at radius 2 is 1.84 bits per heavy atom. The van der Waals surface area contributed by atoms with Crippen molar-refractivity contribution in [3.8, 4) is 17.0 Å². The molecule has 1 saturated heterocycles. The highest BCUT2D eigenvalue weighted by Crippen LogP contribution is 2.31. The number of aromatic nitrogens is 3. The first kappa shape index (κ1) is 22.4. The van der Waals surface area contributed by atoms with Crippen molar-refractivity contribution >= 4 is 17.4 Å². The molecule has 1 aromatic carbocycles. The quantitative estimate of drug-likeness (QED) is 0.639. The van der Waals surface area contributed by atoms with Gasteiger partial charge in [0.1, 0.15) is 11.6 Å². The van der Waals surface area contributed by atoms with E-state index in [4.69, 9.17) is 5.11 Å². The summed E-state index contributed by atoms with van der Waals surface area (Å²) in [6.07, 6.45) is 1.62. The first-order valence-electron chi connectivity index (χ1n) is 9.94. The van der Waals surface area contributed by atoms with Gasteiger partial charge in [0.15, 0.2) is 5.65 Å². The molecule has 0 amide bonds. The number of carboxylic acids is 1. The molecule has 0 unspecified atom stereocenters. The molecule has 1 aliphatic heterocycles. The summed E-state index contributed by atoms with van der Waals surface area (Å²) >= 11 is 0. The lowest BCUT2D eigenvalue weighted by atomic mass is 10.1. The minimum atomic E-state index is -2.88. The number of fused-ring (bicyclic) bond motifs is 1. The average Bonchev–Trinajstić information content (AvgIpc) is 3.18. The molecule has 0 aliphatic carbocycles. The molecule has 10 heteroatoms. The second-order valence-electron chi connectivity index (χ2n) is 7.21. The van der Waals surface area contributed by atoms with Crippen molar-refractivity contribution in [2.45, 2.75) is 20.5 Å². The zero-order valence-electron chi connectivity index (χ0n) is 17.3. The maximum atomic E-state index is 12.7. The maximum absolute atomic E-state index is 12.7. The van der Waals surface area contributed by atoms with Crippen LogP contribution in [-0.2, 0) is 4.79 Å². The van der Waals surface area contributed by atoms with Crippen LogP contribution in [0.25, 0.3) is 16.9 Å². The number of imidazole rings is 1. The molecule has 31 heavy (non-hydrogen) atoms. The van der Waals surface area contributed by atoms with Gasteiger partial charge in [0.05, 0.1) is 17.8 Å². The average molecular weight is 433 g/mol. The van der Waals surface area contributed by atoms with Gasteiger partial charge in [-0.05, 0) is 24.3 Å². The summed E-state index contributed by atoms with van der Waals surface area (Å²) in [6.45, 7) is 3.94. The number of hydrogen-bond donors (Lipinski definition) is 2. The van der Waals surface area contributed by atoms with Crippen LogP contribution in [0.3, 0.4) is 0 Å². The van der Waals surface area contributed by atoms with E-state index in [1.54, 1.807) is 42.8 Å². The molecule has 4 rings (SSSR count). The van der Waals surface area contributed by atoms with Crippen molar-refractivity contribution in [1.29, 1.82) is 0 Å². The van der Waals surface area contributed by atoms with Gasteiger partial charge in [0.25, 0.3) is 0 Å². The highest BCUT2D eigenvalue weighted by Gasteiger charge is 2.17. The van der Waals surface area contributed by atoms with Crippen LogP contribution in [0.4, 0.5) is 14.6 Å². The lowest BCUT2D eigenvalue weighted by molar-refractivity contribution is -0.140. The van der Waals surface area contributed by atoms with Crippen LogP contribution in [0.2, 0.25) is 0 Å². The molecule has 2 N–H and O–H groups in total. The second kappa shape index (κ2) is 10.2. The molecule has 3 heterocycles. The van der Waals surface area contributed by atoms with Crippen LogP contribution < -0.4 is 15.0 Å². The predicted octanol–water partition coefficient (Wildman–Crippen LogP) is 3.13. The third kappa shape index (κ3) is 5.66. The molecule has 0 radical (unpaired) electrons. The molecule has 2 aromatic heterocycles. The molecule has 1 aliphatic rings. The molecular formula is C21H25F2N5O3. The number of nitrogens with zero attached hydrogens (tertiary/aromatic N) is 4. The lowest BCUT2D eigenvalue weighted by Crippen LogP contribution is -2.44. The standard InChI is InChI=1S/C17H17F2N5O.C4H8O2/c18-17(19)25-14-4-2-1-3-12(14)13-11-21-15-5-6-16(22-24(13)15)23-9-7-20-8-10-23;1-3(2)4(5)6/h1-6,11,17,20H,7-10H2;3H,1-2H3,(H,5,6). The Balaban J connectivity index is 0.000000401. The van der Waals surface area contributed by atoms with Gasteiger partial charge in [-0.3, -0.25) is 4.79 Å². The Labute approximate surface area is 178 Å². The van der Waals surface area contributed by atoms with Gasteiger partial charge < -0.3 is 20.1 Å². The number of piperazine rings is 1. The number of carboxylic acid groups (broad SMARTS) is 1. The van der Waals surface area contributed by atoms with E-state index in [0.717, 1.165) is 32.0 Å². The van der Waals surface area contributed by atoms with Crippen molar-refractivity contribution in [2.75, 3.05) is 31.1 Å². The number of halogens is 2. The number of rotatable bonds is 5. The van der Waals surface area contributed by atoms with E-state index < -0.39 is 12.6 Å². The van der Waals surface area contributed by atoms with Crippen molar-refractivity contribution in [1.82, 2.24) is 19.9 Å². The Morgan fingerprint density at radius 1 is 1.16 bits per heavy atom. The third-order valence-electron chi connectivity index (χ3n) is 4.66. The van der Waals surface area contributed by atoms with Crippen molar-refractivity contribution in [3.63, 3.8) is 0 Å². The Bertz CT molecular complexity index is 1020. The number of nitrogens with one attached hydrogen (secondary N) is 1. The first-order valence-corrected chi connectivity index (χ1v) is 9.94. The summed E-state index contributed by atoms with van der Waals surface area (Å²) < 4.78 is 31.7. The zero-order chi connectivity index (χ0) is 22.4. The molecule has 166 valence electrons. The summed E-state index contributed by atoms with van der Waals surface area (Å²) in [4.78, 5) is 16.2. The Hall–Kier alpha value is -3.27. The molecule has 0 bridgehead atoms. The van der Waals surface area contributed by atoms with Crippen LogP contribution in [0.5, 0.6) is 5.75 Å². The fourth-order valence-corrected chi connectivity index (χ4v) is 2.99. The van der Waals surface area contributed by atoms with Gasteiger partial charge in [-0.15, -0.1) is 5.10 Å². The fraction of sp³-hybridized carbons (Fsp3) is 0.381. The Morgan fingerprint density at radius 3 is 2.48 bits per heavy atom. The minimum Gasteiger partial charge on any atom is -0.481 e. The first-order chi connectivity index (χ1) is 14.9. The normalized spacial score (nSPS) is 13.9. The highest BCUT2D eigenvalue weighted by molar-refractivity contribution is 5.70. The van der Waals surface area contributed by atoms with Crippen LogP contribution in [0.1, 0.15) is 13.8 Å². The second-order valence-corrected chi connectivity index (χ2v) is 7.21. The van der Waals surface area contributed by atoms with Gasteiger partial charge in [-0.25, -0.2) is 9.50 Å². The van der Waals surface area contributed by atoms with Crippen LogP contribution in [0.15, 0.2) is 42.6 Å². The number of alkyl halides is 2. The van der Waals surface area contributed by atoms with Gasteiger partial charge in [0, 0.05) is 31.7 Å². The topological polar surface area (TPSA) is 92.0 Å². The third-order valence-corrected chi connectivity index (χ3v) is 4.66. The number of anilines is 1. The molecule has 1 fully saturated rings. The molecular weight excluding hydrogens is 408 g/mol. The minimum absolute atomic E-state index is 0.105. The summed E-state index contributed by atoms with van der Waals surface area (Å²) in [5.74, 6) is -0.0332. The number of hydrogen-bond acceptors (Lipinski definition) is 6. The SMILES string of the molecule is CC(C)C(=O)O.FC(F)Oc1ccccc1-c1cnc2ccc(N3CCNCC3)nn12. The summed E-state index contributed by atoms with van der Waals surface area (Å²) in [6, 6.07) is 10.5. The van der Waals surface area contributed by atoms with Crippen LogP contribution >= 0.6 is 0 Å². The summed E-state index contributed by atoms with van der Waals surface area (Å²) in [5, 5.41) is 16.0. The highest BCUT2D eigenvalue weighted by atomic mass is 19.3. The fourth-order valence-electron chi connectivity index (χ4n) is 2.99. The zero-order valence-corrected chi connectivity index (χ0v) is 17.3. The van der Waals surface area contributed by atoms with Crippen molar-refractivity contribution in [3.05, 3.63) is 42.6 Å². The molecule has 8 nitrogen and oxygen atoms in total. The van der Waals surface area contributed by atoms with E-state index in [2.05, 4.69) is 25.0 Å². The van der Waals surface area contributed by atoms with Gasteiger partial charge in [-0.2, -0.15) is 8.78 Å². The molecule has 0 spiro atoms. The Kier molecular flexibility index (Phi) is 7.35. The lowest BCUT2D eigenvalue weighted by Gasteiger charge is -2.28. The number of benzene rings is 1. The van der Waals surface area contributed by atoms with E-state index >= 15 is 0 Å². The number of ether oxygens (including phenoxy) is 1. The largest absolute Gasteiger partial charge is 0.481 e. The number of para-hydroxylation sites is 1.